The molecule has 0 radical (unpaired) electrons. The maximum absolute atomic E-state index is 10.2. The van der Waals surface area contributed by atoms with Crippen LogP contribution in [0.4, 0.5) is 0 Å². The molecule has 2 fully saturated rings. The third kappa shape index (κ3) is 2.92. The molecule has 0 unspecified atom stereocenters. The summed E-state index contributed by atoms with van der Waals surface area (Å²) in [4.78, 5) is 2.45. The van der Waals surface area contributed by atoms with Crippen molar-refractivity contribution < 1.29 is 5.11 Å². The van der Waals surface area contributed by atoms with Crippen molar-refractivity contribution in [2.24, 2.45) is 0 Å². The van der Waals surface area contributed by atoms with Crippen molar-refractivity contribution in [2.75, 3.05) is 13.1 Å². The summed E-state index contributed by atoms with van der Waals surface area (Å²) in [5, 5.41) is 11.4. The Balaban J connectivity index is 1.84. The van der Waals surface area contributed by atoms with Gasteiger partial charge in [0, 0.05) is 12.6 Å². The molecule has 3 rings (SSSR count). The predicted molar refractivity (Wildman–Crippen MR) is 79.0 cm³/mol. The largest absolute Gasteiger partial charge is 0.392 e. The highest BCUT2D eigenvalue weighted by Crippen LogP contribution is 2.37. The molecule has 0 aromatic heterocycles. The van der Waals surface area contributed by atoms with E-state index in [-0.39, 0.29) is 6.10 Å². The highest BCUT2D eigenvalue weighted by Gasteiger charge is 2.33. The number of benzene rings is 1. The van der Waals surface area contributed by atoms with Crippen LogP contribution in [-0.4, -0.2) is 35.2 Å². The molecule has 0 bridgehead atoms. The van der Waals surface area contributed by atoms with Crippen molar-refractivity contribution in [3.05, 3.63) is 33.8 Å². The fourth-order valence-electron chi connectivity index (χ4n) is 3.54. The molecule has 2 nitrogen and oxygen atoms in total. The Bertz CT molecular complexity index is 465. The standard InChI is InChI=1S/C15H19Cl2NO/c16-14-4-3-10(8-15(14)17)11-6-12-2-1-5-18(12)9-13(19)7-11/h3-4,8,11-13,19H,1-2,5-7,9H2/t11-,12-,13+/m0/s1. The summed E-state index contributed by atoms with van der Waals surface area (Å²) in [5.41, 5.74) is 1.21. The van der Waals surface area contributed by atoms with E-state index in [1.54, 1.807) is 0 Å². The Morgan fingerprint density at radius 3 is 2.79 bits per heavy atom. The molecule has 0 amide bonds. The lowest BCUT2D eigenvalue weighted by Crippen LogP contribution is -2.33. The van der Waals surface area contributed by atoms with Crippen molar-refractivity contribution in [3.8, 4) is 0 Å². The van der Waals surface area contributed by atoms with Crippen LogP contribution in [0.2, 0.25) is 10.0 Å². The highest BCUT2D eigenvalue weighted by atomic mass is 35.5. The van der Waals surface area contributed by atoms with Gasteiger partial charge < -0.3 is 5.11 Å². The van der Waals surface area contributed by atoms with Gasteiger partial charge in [0.15, 0.2) is 0 Å². The first-order valence-corrected chi connectivity index (χ1v) is 7.76. The Morgan fingerprint density at radius 1 is 1.16 bits per heavy atom. The molecule has 3 atom stereocenters. The monoisotopic (exact) mass is 299 g/mol. The van der Waals surface area contributed by atoms with Gasteiger partial charge >= 0.3 is 0 Å². The molecule has 0 saturated carbocycles. The van der Waals surface area contributed by atoms with Gasteiger partial charge in [-0.3, -0.25) is 4.90 Å². The van der Waals surface area contributed by atoms with E-state index in [2.05, 4.69) is 11.0 Å². The zero-order valence-electron chi connectivity index (χ0n) is 10.9. The van der Waals surface area contributed by atoms with Gasteiger partial charge in [-0.05, 0) is 55.8 Å². The summed E-state index contributed by atoms with van der Waals surface area (Å²) in [7, 11) is 0. The number of rotatable bonds is 1. The quantitative estimate of drug-likeness (QED) is 0.855. The minimum Gasteiger partial charge on any atom is -0.392 e. The molecule has 4 heteroatoms. The fraction of sp³-hybridized carbons (Fsp3) is 0.600. The molecule has 2 heterocycles. The van der Waals surface area contributed by atoms with Crippen molar-refractivity contribution in [1.82, 2.24) is 4.90 Å². The first-order valence-electron chi connectivity index (χ1n) is 7.00. The van der Waals surface area contributed by atoms with Crippen LogP contribution in [0, 0.1) is 0 Å². The van der Waals surface area contributed by atoms with Crippen LogP contribution in [0.15, 0.2) is 18.2 Å². The molecular weight excluding hydrogens is 281 g/mol. The summed E-state index contributed by atoms with van der Waals surface area (Å²) in [6, 6.07) is 6.50. The van der Waals surface area contributed by atoms with Crippen molar-refractivity contribution in [1.29, 1.82) is 0 Å². The molecule has 2 saturated heterocycles. The molecule has 2 aliphatic rings. The number of nitrogens with zero attached hydrogens (tertiary/aromatic N) is 1. The summed E-state index contributed by atoms with van der Waals surface area (Å²) in [6.45, 7) is 1.96. The molecule has 1 aromatic rings. The summed E-state index contributed by atoms with van der Waals surface area (Å²) in [5.74, 6) is 0.387. The van der Waals surface area contributed by atoms with E-state index in [9.17, 15) is 5.11 Å². The van der Waals surface area contributed by atoms with Gasteiger partial charge in [-0.1, -0.05) is 29.3 Å². The van der Waals surface area contributed by atoms with Crippen LogP contribution in [0.5, 0.6) is 0 Å². The van der Waals surface area contributed by atoms with Crippen LogP contribution in [0.1, 0.15) is 37.2 Å². The Labute approximate surface area is 124 Å². The number of aliphatic hydroxyl groups excluding tert-OH is 1. The molecule has 1 N–H and O–H groups in total. The molecule has 0 spiro atoms. The number of halogens is 2. The van der Waals surface area contributed by atoms with Gasteiger partial charge in [0.2, 0.25) is 0 Å². The van der Waals surface area contributed by atoms with Gasteiger partial charge in [-0.2, -0.15) is 0 Å². The fourth-order valence-corrected chi connectivity index (χ4v) is 3.85. The van der Waals surface area contributed by atoms with Gasteiger partial charge in [-0.25, -0.2) is 0 Å². The molecular formula is C15H19Cl2NO. The summed E-state index contributed by atoms with van der Waals surface area (Å²) < 4.78 is 0. The lowest BCUT2D eigenvalue weighted by molar-refractivity contribution is 0.116. The number of hydrogen-bond donors (Lipinski definition) is 1. The topological polar surface area (TPSA) is 23.5 Å². The molecule has 0 aliphatic carbocycles. The lowest BCUT2D eigenvalue weighted by Gasteiger charge is -2.23. The van der Waals surface area contributed by atoms with E-state index in [4.69, 9.17) is 23.2 Å². The minimum absolute atomic E-state index is 0.234. The maximum atomic E-state index is 10.2. The minimum atomic E-state index is -0.234. The molecule has 19 heavy (non-hydrogen) atoms. The van der Waals surface area contributed by atoms with Crippen LogP contribution in [-0.2, 0) is 0 Å². The number of hydrogen-bond acceptors (Lipinski definition) is 2. The van der Waals surface area contributed by atoms with Crippen LogP contribution in [0.25, 0.3) is 0 Å². The van der Waals surface area contributed by atoms with Crippen molar-refractivity contribution >= 4 is 23.2 Å². The first kappa shape index (κ1) is 13.7. The summed E-state index contributed by atoms with van der Waals surface area (Å²) >= 11 is 12.1. The van der Waals surface area contributed by atoms with E-state index in [1.165, 1.54) is 18.4 Å². The van der Waals surface area contributed by atoms with Crippen molar-refractivity contribution in [3.63, 3.8) is 0 Å². The second-order valence-electron chi connectivity index (χ2n) is 5.79. The smallest absolute Gasteiger partial charge is 0.0673 e. The second kappa shape index (κ2) is 5.61. The van der Waals surface area contributed by atoms with Crippen LogP contribution >= 0.6 is 23.2 Å². The van der Waals surface area contributed by atoms with Gasteiger partial charge in [0.05, 0.1) is 16.1 Å². The average Bonchev–Trinajstić information content (AvgIpc) is 2.73. The number of fused-ring (bicyclic) bond motifs is 1. The lowest BCUT2D eigenvalue weighted by atomic mass is 9.88. The molecule has 1 aromatic carbocycles. The third-order valence-corrected chi connectivity index (χ3v) is 5.21. The first-order chi connectivity index (χ1) is 9.13. The van der Waals surface area contributed by atoms with Gasteiger partial charge in [0.1, 0.15) is 0 Å². The average molecular weight is 300 g/mol. The van der Waals surface area contributed by atoms with E-state index < -0.39 is 0 Å². The Morgan fingerprint density at radius 2 is 2.00 bits per heavy atom. The SMILES string of the molecule is O[C@@H]1C[C@@H](c2ccc(Cl)c(Cl)c2)C[C@@H]2CCCN2C1. The zero-order chi connectivity index (χ0) is 13.4. The van der Waals surface area contributed by atoms with E-state index in [0.29, 0.717) is 22.0 Å². The number of aliphatic hydroxyl groups is 1. The van der Waals surface area contributed by atoms with Crippen molar-refractivity contribution in [2.45, 2.75) is 43.7 Å². The van der Waals surface area contributed by atoms with E-state index >= 15 is 0 Å². The van der Waals surface area contributed by atoms with Gasteiger partial charge in [0.25, 0.3) is 0 Å². The normalized spacial score (nSPS) is 32.1. The second-order valence-corrected chi connectivity index (χ2v) is 6.60. The zero-order valence-corrected chi connectivity index (χ0v) is 12.4. The van der Waals surface area contributed by atoms with E-state index in [1.807, 2.05) is 12.1 Å². The highest BCUT2D eigenvalue weighted by molar-refractivity contribution is 6.42. The van der Waals surface area contributed by atoms with E-state index in [0.717, 1.165) is 25.9 Å². The molecule has 104 valence electrons. The maximum Gasteiger partial charge on any atom is 0.0673 e. The van der Waals surface area contributed by atoms with Crippen LogP contribution < -0.4 is 0 Å². The summed E-state index contributed by atoms with van der Waals surface area (Å²) in [6.07, 6.45) is 4.22. The Hall–Kier alpha value is -0.280. The van der Waals surface area contributed by atoms with Crippen LogP contribution in [0.3, 0.4) is 0 Å². The Kier molecular flexibility index (Phi) is 4.04. The van der Waals surface area contributed by atoms with Gasteiger partial charge in [-0.15, -0.1) is 0 Å². The molecule has 2 aliphatic heterocycles. The predicted octanol–water partition coefficient (Wildman–Crippen LogP) is 3.70. The third-order valence-electron chi connectivity index (χ3n) is 4.47.